The number of benzene rings is 1. The number of carbonyl (C=O) groups is 5. The van der Waals surface area contributed by atoms with E-state index in [1.165, 1.54) is 0 Å². The number of carbonyl (C=O) groups excluding carboxylic acids is 5. The van der Waals surface area contributed by atoms with E-state index in [0.717, 1.165) is 5.56 Å². The van der Waals surface area contributed by atoms with Crippen LogP contribution in [0.1, 0.15) is 59.4 Å². The van der Waals surface area contributed by atoms with Crippen molar-refractivity contribution in [3.63, 3.8) is 0 Å². The molecule has 0 aliphatic heterocycles. The predicted molar refractivity (Wildman–Crippen MR) is 148 cm³/mol. The maximum absolute atomic E-state index is 13.2. The summed E-state index contributed by atoms with van der Waals surface area (Å²) in [5.74, 6) is -1.18. The number of ether oxygens (including phenoxy) is 1. The van der Waals surface area contributed by atoms with Crippen molar-refractivity contribution in [1.82, 2.24) is 16.0 Å². The predicted octanol–water partition coefficient (Wildman–Crippen LogP) is 0.946. The molecule has 1 aromatic carbocycles. The van der Waals surface area contributed by atoms with E-state index in [-0.39, 0.29) is 94.4 Å². The Balaban J connectivity index is 0.0000130. The van der Waals surface area contributed by atoms with Crippen molar-refractivity contribution in [3.8, 4) is 0 Å². The number of rotatable bonds is 14. The van der Waals surface area contributed by atoms with Crippen LogP contribution in [0.25, 0.3) is 0 Å². The maximum atomic E-state index is 13.2. The third-order valence-corrected chi connectivity index (χ3v) is 6.84. The van der Waals surface area contributed by atoms with Gasteiger partial charge in [-0.1, -0.05) is 44.2 Å². The molecule has 0 saturated heterocycles. The number of ketones is 1. The SMILES string of the molecule is CC(C)CC(NC(=O)C(Cc1ccccc1)NC(=O)CNC(=O)OC(C)(C)C)C(=O)CCC(=O)[P-]I.[K+]. The average Bonchev–Trinajstić information content (AvgIpc) is 2.79. The third-order valence-electron chi connectivity index (χ3n) is 4.82. The third kappa shape index (κ3) is 17.0. The summed E-state index contributed by atoms with van der Waals surface area (Å²) in [7, 11) is 0. The Kier molecular flexibility index (Phi) is 18.6. The summed E-state index contributed by atoms with van der Waals surface area (Å²) >= 11 is 1.93. The Labute approximate surface area is 276 Å². The number of amides is 3. The van der Waals surface area contributed by atoms with E-state index in [1.807, 2.05) is 66.2 Å². The molecular formula is C25H36IKN3O6P. The van der Waals surface area contributed by atoms with Crippen LogP contribution >= 0.6 is 28.3 Å². The van der Waals surface area contributed by atoms with Crippen molar-refractivity contribution in [2.45, 2.75) is 78.0 Å². The summed E-state index contributed by atoms with van der Waals surface area (Å²) in [6.07, 6.45) is 0.585. The second-order valence-corrected chi connectivity index (χ2v) is 11.9. The van der Waals surface area contributed by atoms with Gasteiger partial charge in [-0.25, -0.2) is 4.79 Å². The molecule has 0 saturated carbocycles. The minimum Gasteiger partial charge on any atom is -0.444 e. The van der Waals surface area contributed by atoms with Gasteiger partial charge in [0.15, 0.2) is 5.78 Å². The molecule has 2 atom stereocenters. The molecule has 2 unspecified atom stereocenters. The topological polar surface area (TPSA) is 131 Å². The Hall–Kier alpha value is -0.434. The van der Waals surface area contributed by atoms with Crippen LogP contribution in [-0.2, 0) is 30.3 Å². The quantitative estimate of drug-likeness (QED) is 0.154. The standard InChI is InChI=1S/C25H36IN3O6P.K/c1-16(2)13-18(20(30)11-12-22(32)36-26)29-23(33)19(14-17-9-7-6-8-10-17)28-21(31)15-27-24(34)35-25(3,4)5;/h6-10,16,18-19H,11-15H2,1-5H3,(H,27,34)(H,28,31)(H,29,33);/q-1;+1. The first-order valence-electron chi connectivity index (χ1n) is 11.8. The van der Waals surface area contributed by atoms with Crippen LogP contribution in [0, 0.1) is 5.92 Å². The Morgan fingerprint density at radius 2 is 1.59 bits per heavy atom. The van der Waals surface area contributed by atoms with E-state index in [4.69, 9.17) is 4.74 Å². The zero-order chi connectivity index (χ0) is 27.3. The van der Waals surface area contributed by atoms with Crippen molar-refractivity contribution in [3.05, 3.63) is 35.9 Å². The molecule has 0 spiro atoms. The zero-order valence-corrected chi connectivity index (χ0v) is 28.6. The first-order valence-corrected chi connectivity index (χ1v) is 15.5. The van der Waals surface area contributed by atoms with Gasteiger partial charge in [0, 0.05) is 12.8 Å². The van der Waals surface area contributed by atoms with Crippen LogP contribution in [0.5, 0.6) is 0 Å². The van der Waals surface area contributed by atoms with Gasteiger partial charge >= 0.3 is 57.5 Å². The summed E-state index contributed by atoms with van der Waals surface area (Å²) in [6, 6.07) is 7.41. The molecule has 0 bridgehead atoms. The summed E-state index contributed by atoms with van der Waals surface area (Å²) < 4.78 is 5.13. The maximum Gasteiger partial charge on any atom is 1.00 e. The van der Waals surface area contributed by atoms with E-state index < -0.39 is 35.6 Å². The number of alkyl carbamates (subject to hydrolysis) is 1. The van der Waals surface area contributed by atoms with Gasteiger partial charge in [-0.05, 0) is 50.6 Å². The van der Waals surface area contributed by atoms with Crippen molar-refractivity contribution in [1.29, 1.82) is 0 Å². The van der Waals surface area contributed by atoms with E-state index in [0.29, 0.717) is 12.6 Å². The van der Waals surface area contributed by atoms with Crippen LogP contribution in [-0.4, -0.2) is 53.4 Å². The molecule has 0 heterocycles. The summed E-state index contributed by atoms with van der Waals surface area (Å²) in [4.78, 5) is 62.1. The molecule has 0 fully saturated rings. The smallest absolute Gasteiger partial charge is 0.444 e. The van der Waals surface area contributed by atoms with Crippen molar-refractivity contribution < 1.29 is 80.1 Å². The van der Waals surface area contributed by atoms with Gasteiger partial charge in [0.2, 0.25) is 11.8 Å². The summed E-state index contributed by atoms with van der Waals surface area (Å²) in [5, 5.41) is 7.81. The van der Waals surface area contributed by atoms with Gasteiger partial charge in [-0.15, -0.1) is 0 Å². The summed E-state index contributed by atoms with van der Waals surface area (Å²) in [5.41, 5.74) is 0.0523. The number of halogens is 1. The Bertz CT molecular complexity index is 911. The number of hydrogen-bond donors (Lipinski definition) is 3. The van der Waals surface area contributed by atoms with Crippen LogP contribution in [0.3, 0.4) is 0 Å². The van der Waals surface area contributed by atoms with E-state index in [1.54, 1.807) is 20.8 Å². The van der Waals surface area contributed by atoms with Crippen molar-refractivity contribution >= 4 is 57.5 Å². The molecular weight excluding hydrogens is 635 g/mol. The molecule has 0 aromatic heterocycles. The normalized spacial score (nSPS) is 12.8. The van der Waals surface area contributed by atoms with E-state index >= 15 is 0 Å². The average molecular weight is 672 g/mol. The first-order chi connectivity index (χ1) is 16.8. The Morgan fingerprint density at radius 1 is 0.973 bits per heavy atom. The van der Waals surface area contributed by atoms with Crippen LogP contribution in [0.15, 0.2) is 30.3 Å². The van der Waals surface area contributed by atoms with Gasteiger partial charge in [0.05, 0.1) is 6.04 Å². The number of Topliss-reactive ketones (excluding diaryl/α,β-unsaturated/α-hetero) is 1. The van der Waals surface area contributed by atoms with Gasteiger partial charge in [-0.2, -0.15) is 0 Å². The second kappa shape index (κ2) is 18.8. The van der Waals surface area contributed by atoms with Crippen molar-refractivity contribution in [2.24, 2.45) is 5.92 Å². The monoisotopic (exact) mass is 671 g/mol. The molecule has 3 amide bonds. The van der Waals surface area contributed by atoms with Crippen LogP contribution < -0.4 is 67.3 Å². The van der Waals surface area contributed by atoms with Crippen molar-refractivity contribution in [2.75, 3.05) is 6.54 Å². The molecule has 3 N–H and O–H groups in total. The van der Waals surface area contributed by atoms with Crippen LogP contribution in [0.4, 0.5) is 4.79 Å². The van der Waals surface area contributed by atoms with E-state index in [2.05, 4.69) is 16.0 Å². The minimum atomic E-state index is -0.975. The zero-order valence-electron chi connectivity index (χ0n) is 22.4. The van der Waals surface area contributed by atoms with Crippen LogP contribution in [0.2, 0.25) is 0 Å². The minimum absolute atomic E-state index is 0. The molecule has 1 aromatic rings. The molecule has 1 rings (SSSR count). The van der Waals surface area contributed by atoms with Gasteiger partial charge in [-0.3, -0.25) is 14.4 Å². The van der Waals surface area contributed by atoms with E-state index in [9.17, 15) is 24.0 Å². The first kappa shape index (κ1) is 36.6. The second-order valence-electron chi connectivity index (χ2n) is 9.80. The Morgan fingerprint density at radius 3 is 2.14 bits per heavy atom. The molecule has 0 radical (unpaired) electrons. The molecule has 9 nitrogen and oxygen atoms in total. The largest absolute Gasteiger partial charge is 1.00 e. The van der Waals surface area contributed by atoms with Gasteiger partial charge in [0.25, 0.3) is 0 Å². The summed E-state index contributed by atoms with van der Waals surface area (Å²) in [6.45, 7) is 8.62. The number of nitrogens with one attached hydrogen (secondary N) is 3. The van der Waals surface area contributed by atoms with Gasteiger partial charge < -0.3 is 53.7 Å². The fourth-order valence-electron chi connectivity index (χ4n) is 3.23. The molecule has 37 heavy (non-hydrogen) atoms. The molecule has 0 aliphatic rings. The van der Waals surface area contributed by atoms with Gasteiger partial charge in [0.1, 0.15) is 18.2 Å². The fourth-order valence-corrected chi connectivity index (χ4v) is 4.15. The molecule has 200 valence electrons. The molecule has 0 aliphatic carbocycles. The number of hydrogen-bond acceptors (Lipinski definition) is 6. The fraction of sp³-hybridized carbons (Fsp3) is 0.560. The molecule has 12 heteroatoms.